The van der Waals surface area contributed by atoms with Crippen LogP contribution in [0, 0.1) is 17.2 Å². The fourth-order valence-corrected chi connectivity index (χ4v) is 5.37. The average molecular weight is 468 g/mol. The number of nitrogens with zero attached hydrogens (tertiary/aromatic N) is 2. The average Bonchev–Trinajstić information content (AvgIpc) is 3.11. The van der Waals surface area contributed by atoms with Crippen LogP contribution in [0.15, 0.2) is 36.4 Å². The molecular weight excluding hydrogens is 433 g/mol. The Morgan fingerprint density at radius 2 is 1.91 bits per heavy atom. The van der Waals surface area contributed by atoms with E-state index in [1.165, 1.54) is 13.2 Å². The van der Waals surface area contributed by atoms with Crippen molar-refractivity contribution in [2.75, 3.05) is 12.4 Å². The normalized spacial score (nSPS) is 19.9. The first-order valence-corrected chi connectivity index (χ1v) is 11.9. The number of halogens is 1. The highest BCUT2D eigenvalue weighted by molar-refractivity contribution is 5.94. The topological polar surface area (TPSA) is 65.4 Å². The van der Waals surface area contributed by atoms with Crippen molar-refractivity contribution in [3.8, 4) is 5.75 Å². The number of carbonyl (C=O) groups excluding carboxylic acids is 1. The largest absolute Gasteiger partial charge is 0.491 e. The van der Waals surface area contributed by atoms with Crippen molar-refractivity contribution in [2.45, 2.75) is 66.0 Å². The second-order valence-electron chi connectivity index (χ2n) is 10.5. The van der Waals surface area contributed by atoms with Gasteiger partial charge in [0.2, 0.25) is 5.95 Å². The Morgan fingerprint density at radius 3 is 2.53 bits per heavy atom. The smallest absolute Gasteiger partial charge is 0.338 e. The maximum Gasteiger partial charge on any atom is 0.338 e. The third-order valence-corrected chi connectivity index (χ3v) is 6.37. The van der Waals surface area contributed by atoms with Crippen molar-refractivity contribution in [2.24, 2.45) is 11.3 Å². The Hall–Kier alpha value is -3.09. The third kappa shape index (κ3) is 5.03. The molecule has 7 heteroatoms. The first kappa shape index (κ1) is 24.0. The van der Waals surface area contributed by atoms with Crippen LogP contribution in [0.25, 0.3) is 11.0 Å². The molecule has 4 rings (SSSR count). The summed E-state index contributed by atoms with van der Waals surface area (Å²) in [7, 11) is 1.29. The summed E-state index contributed by atoms with van der Waals surface area (Å²) in [5, 5.41) is 3.39. The SMILES string of the molecule is COC(=O)c1cc(F)c2c(c1)nc(Nc1ccc(OC(C)C)cc1)n2C1CC(C)CC(C)(C)C1. The highest BCUT2D eigenvalue weighted by Crippen LogP contribution is 2.46. The molecule has 0 bridgehead atoms. The first-order valence-electron chi connectivity index (χ1n) is 11.9. The molecule has 1 saturated carbocycles. The van der Waals surface area contributed by atoms with Crippen molar-refractivity contribution >= 4 is 28.6 Å². The van der Waals surface area contributed by atoms with E-state index in [2.05, 4.69) is 26.1 Å². The van der Waals surface area contributed by atoms with Crippen molar-refractivity contribution in [1.82, 2.24) is 9.55 Å². The molecule has 182 valence electrons. The first-order chi connectivity index (χ1) is 16.1. The highest BCUT2D eigenvalue weighted by atomic mass is 19.1. The van der Waals surface area contributed by atoms with Crippen molar-refractivity contribution in [1.29, 1.82) is 0 Å². The number of anilines is 2. The number of carbonyl (C=O) groups is 1. The predicted octanol–water partition coefficient (Wildman–Crippen LogP) is 6.88. The fraction of sp³-hybridized carbons (Fsp3) is 0.481. The maximum absolute atomic E-state index is 15.5. The minimum absolute atomic E-state index is 0.0771. The number of hydrogen-bond donors (Lipinski definition) is 1. The van der Waals surface area contributed by atoms with E-state index in [1.54, 1.807) is 6.07 Å². The number of methoxy groups -OCH3 is 1. The van der Waals surface area contributed by atoms with E-state index in [1.807, 2.05) is 42.7 Å². The summed E-state index contributed by atoms with van der Waals surface area (Å²) in [6, 6.07) is 10.6. The zero-order valence-corrected chi connectivity index (χ0v) is 20.8. The Morgan fingerprint density at radius 1 is 1.21 bits per heavy atom. The van der Waals surface area contributed by atoms with Gasteiger partial charge in [0, 0.05) is 11.7 Å². The number of imidazole rings is 1. The maximum atomic E-state index is 15.5. The van der Waals surface area contributed by atoms with Crippen LogP contribution in [-0.2, 0) is 4.74 Å². The highest BCUT2D eigenvalue weighted by Gasteiger charge is 2.35. The van der Waals surface area contributed by atoms with Crippen molar-refractivity contribution < 1.29 is 18.7 Å². The van der Waals surface area contributed by atoms with Gasteiger partial charge >= 0.3 is 5.97 Å². The molecule has 2 unspecified atom stereocenters. The predicted molar refractivity (Wildman–Crippen MR) is 132 cm³/mol. The van der Waals surface area contributed by atoms with Gasteiger partial charge in [-0.3, -0.25) is 0 Å². The van der Waals surface area contributed by atoms with Crippen molar-refractivity contribution in [3.63, 3.8) is 0 Å². The number of hydrogen-bond acceptors (Lipinski definition) is 5. The molecule has 1 aromatic heterocycles. The van der Waals surface area contributed by atoms with E-state index < -0.39 is 11.8 Å². The van der Waals surface area contributed by atoms with E-state index in [0.717, 1.165) is 30.7 Å². The monoisotopic (exact) mass is 467 g/mol. The number of nitrogens with one attached hydrogen (secondary N) is 1. The van der Waals surface area contributed by atoms with Crippen LogP contribution in [0.1, 0.15) is 70.3 Å². The minimum atomic E-state index is -0.585. The van der Waals surface area contributed by atoms with E-state index in [0.29, 0.717) is 22.9 Å². The molecule has 0 saturated heterocycles. The quantitative estimate of drug-likeness (QED) is 0.400. The third-order valence-electron chi connectivity index (χ3n) is 6.37. The summed E-state index contributed by atoms with van der Waals surface area (Å²) in [4.78, 5) is 16.8. The molecule has 1 N–H and O–H groups in total. The van der Waals surface area contributed by atoms with Gasteiger partial charge in [0.15, 0.2) is 0 Å². The Bertz CT molecular complexity index is 1180. The lowest BCUT2D eigenvalue weighted by Crippen LogP contribution is -2.30. The molecule has 1 aliphatic rings. The number of benzene rings is 2. The van der Waals surface area contributed by atoms with Gasteiger partial charge in [-0.15, -0.1) is 0 Å². The molecular formula is C27H34FN3O3. The molecule has 3 aromatic rings. The van der Waals surface area contributed by atoms with Gasteiger partial charge in [0.05, 0.1) is 24.3 Å². The number of fused-ring (bicyclic) bond motifs is 1. The number of esters is 1. The summed E-state index contributed by atoms with van der Waals surface area (Å²) in [5.74, 6) is 0.783. The van der Waals surface area contributed by atoms with Crippen LogP contribution in [0.4, 0.5) is 16.0 Å². The summed E-state index contributed by atoms with van der Waals surface area (Å²) < 4.78 is 28.0. The van der Waals surface area contributed by atoms with Crippen LogP contribution >= 0.6 is 0 Å². The van der Waals surface area contributed by atoms with Gasteiger partial charge in [-0.25, -0.2) is 14.2 Å². The summed E-state index contributed by atoms with van der Waals surface area (Å²) in [6.07, 6.45) is 3.07. The van der Waals surface area contributed by atoms with Gasteiger partial charge in [0.1, 0.15) is 17.1 Å². The Kier molecular flexibility index (Phi) is 6.56. The Balaban J connectivity index is 1.80. The van der Waals surface area contributed by atoms with Gasteiger partial charge in [-0.05, 0) is 80.8 Å². The molecule has 1 aliphatic carbocycles. The van der Waals surface area contributed by atoms with Crippen molar-refractivity contribution in [3.05, 3.63) is 47.8 Å². The van der Waals surface area contributed by atoms with Gasteiger partial charge in [0.25, 0.3) is 0 Å². The van der Waals surface area contributed by atoms with Gasteiger partial charge < -0.3 is 19.4 Å². The molecule has 0 radical (unpaired) electrons. The minimum Gasteiger partial charge on any atom is -0.491 e. The number of ether oxygens (including phenoxy) is 2. The van der Waals surface area contributed by atoms with E-state index >= 15 is 4.39 Å². The summed E-state index contributed by atoms with van der Waals surface area (Å²) >= 11 is 0. The van der Waals surface area contributed by atoms with Crippen LogP contribution in [-0.4, -0.2) is 28.7 Å². The number of aromatic nitrogens is 2. The molecule has 2 atom stereocenters. The van der Waals surface area contributed by atoms with Gasteiger partial charge in [-0.1, -0.05) is 20.8 Å². The van der Waals surface area contributed by atoms with Crippen LogP contribution < -0.4 is 10.1 Å². The molecule has 6 nitrogen and oxygen atoms in total. The lowest BCUT2D eigenvalue weighted by molar-refractivity contribution is 0.0600. The second-order valence-corrected chi connectivity index (χ2v) is 10.5. The van der Waals surface area contributed by atoms with E-state index in [9.17, 15) is 4.79 Å². The Labute approximate surface area is 200 Å². The fourth-order valence-electron chi connectivity index (χ4n) is 5.37. The number of rotatable bonds is 6. The summed E-state index contributed by atoms with van der Waals surface area (Å²) in [5.41, 5.74) is 1.94. The second kappa shape index (κ2) is 9.28. The van der Waals surface area contributed by atoms with Gasteiger partial charge in [-0.2, -0.15) is 0 Å². The molecule has 34 heavy (non-hydrogen) atoms. The van der Waals surface area contributed by atoms with E-state index in [4.69, 9.17) is 14.5 Å². The lowest BCUT2D eigenvalue weighted by atomic mass is 9.70. The summed E-state index contributed by atoms with van der Waals surface area (Å²) in [6.45, 7) is 10.7. The zero-order valence-electron chi connectivity index (χ0n) is 20.8. The molecule has 1 fully saturated rings. The molecule has 0 aliphatic heterocycles. The molecule has 0 amide bonds. The molecule has 0 spiro atoms. The van der Waals surface area contributed by atoms with E-state index in [-0.39, 0.29) is 23.1 Å². The molecule has 1 heterocycles. The zero-order chi connectivity index (χ0) is 24.6. The lowest BCUT2D eigenvalue weighted by Gasteiger charge is -2.40. The van der Waals surface area contributed by atoms with Crippen LogP contribution in [0.5, 0.6) is 5.75 Å². The molecule has 2 aromatic carbocycles. The van der Waals surface area contributed by atoms with Crippen LogP contribution in [0.2, 0.25) is 0 Å². The standard InChI is InChI=1S/C27H34FN3O3/c1-16(2)34-21-9-7-19(8-10-21)29-26-30-23-13-18(25(32)33-6)12-22(28)24(23)31(26)20-11-17(3)14-27(4,5)15-20/h7-10,12-13,16-17,20H,11,14-15H2,1-6H3,(H,29,30). The van der Waals surface area contributed by atoms with Crippen LogP contribution in [0.3, 0.4) is 0 Å².